The van der Waals surface area contributed by atoms with E-state index in [9.17, 15) is 9.59 Å². The Morgan fingerprint density at radius 1 is 1.44 bits per heavy atom. The summed E-state index contributed by atoms with van der Waals surface area (Å²) < 4.78 is 0. The molecule has 1 rings (SSSR count). The molecule has 0 bridgehead atoms. The lowest BCUT2D eigenvalue weighted by molar-refractivity contribution is -0.142. The van der Waals surface area contributed by atoms with E-state index in [2.05, 4.69) is 0 Å². The number of carboxylic acid groups (broad SMARTS) is 1. The minimum atomic E-state index is -1.04. The van der Waals surface area contributed by atoms with Gasteiger partial charge in [0, 0.05) is 23.3 Å². The number of anilines is 1. The Labute approximate surface area is 110 Å². The van der Waals surface area contributed by atoms with E-state index in [1.807, 2.05) is 0 Å². The van der Waals surface area contributed by atoms with Gasteiger partial charge in [-0.1, -0.05) is 18.5 Å². The predicted molar refractivity (Wildman–Crippen MR) is 69.7 cm³/mol. The second-order valence-corrected chi connectivity index (χ2v) is 4.39. The van der Waals surface area contributed by atoms with Gasteiger partial charge in [-0.15, -0.1) is 0 Å². The number of benzene rings is 1. The Morgan fingerprint density at radius 3 is 2.50 bits per heavy atom. The molecule has 0 aromatic heterocycles. The van der Waals surface area contributed by atoms with Gasteiger partial charge >= 0.3 is 5.97 Å². The van der Waals surface area contributed by atoms with E-state index in [1.54, 1.807) is 6.92 Å². The van der Waals surface area contributed by atoms with Crippen LogP contribution in [0.15, 0.2) is 18.2 Å². The van der Waals surface area contributed by atoms with Crippen molar-refractivity contribution in [3.05, 3.63) is 28.8 Å². The number of nitrogen functional groups attached to an aromatic ring is 1. The van der Waals surface area contributed by atoms with E-state index in [0.29, 0.717) is 17.1 Å². The molecule has 0 spiro atoms. The first-order valence-corrected chi connectivity index (χ1v) is 5.80. The lowest BCUT2D eigenvalue weighted by Crippen LogP contribution is -2.41. The van der Waals surface area contributed by atoms with Crippen LogP contribution in [0.1, 0.15) is 23.7 Å². The molecule has 0 fully saturated rings. The number of nitrogens with zero attached hydrogens (tertiary/aromatic N) is 1. The summed E-state index contributed by atoms with van der Waals surface area (Å²) in [5.74, 6) is -1.46. The van der Waals surface area contributed by atoms with Crippen molar-refractivity contribution in [1.29, 1.82) is 0 Å². The number of rotatable bonds is 4. The second kappa shape index (κ2) is 5.73. The van der Waals surface area contributed by atoms with Crippen LogP contribution < -0.4 is 5.73 Å². The number of hydrogen-bond donors (Lipinski definition) is 2. The number of carbonyl (C=O) groups excluding carboxylic acids is 1. The maximum Gasteiger partial charge on any atom is 0.326 e. The van der Waals surface area contributed by atoms with Crippen LogP contribution in [0.3, 0.4) is 0 Å². The number of carboxylic acids is 1. The number of amides is 1. The highest BCUT2D eigenvalue weighted by atomic mass is 35.5. The molecule has 0 aliphatic rings. The average molecular weight is 271 g/mol. The van der Waals surface area contributed by atoms with Crippen LogP contribution in [0.4, 0.5) is 5.69 Å². The topological polar surface area (TPSA) is 83.6 Å². The van der Waals surface area contributed by atoms with Crippen LogP contribution in [-0.4, -0.2) is 35.0 Å². The Hall–Kier alpha value is -1.75. The predicted octanol–water partition coefficient (Wildman–Crippen LogP) is 1.86. The van der Waals surface area contributed by atoms with Crippen LogP contribution >= 0.6 is 11.6 Å². The molecule has 1 atom stereocenters. The van der Waals surface area contributed by atoms with E-state index in [0.717, 1.165) is 0 Å². The Kier molecular flexibility index (Phi) is 4.55. The minimum absolute atomic E-state index is 0.280. The van der Waals surface area contributed by atoms with Gasteiger partial charge in [0.25, 0.3) is 5.91 Å². The Morgan fingerprint density at radius 2 is 2.06 bits per heavy atom. The SMILES string of the molecule is CCC(C(=O)O)N(C)C(=O)c1cc(N)cc(Cl)c1. The first-order chi connectivity index (χ1) is 8.36. The van der Waals surface area contributed by atoms with Crippen LogP contribution in [-0.2, 0) is 4.79 Å². The number of likely N-dealkylation sites (N-methyl/N-ethyl adjacent to an activating group) is 1. The summed E-state index contributed by atoms with van der Waals surface area (Å²) in [6, 6.07) is 3.59. The van der Waals surface area contributed by atoms with Gasteiger partial charge in [0.2, 0.25) is 0 Å². The van der Waals surface area contributed by atoms with Crippen molar-refractivity contribution < 1.29 is 14.7 Å². The maximum atomic E-state index is 12.1. The highest BCUT2D eigenvalue weighted by molar-refractivity contribution is 6.31. The molecule has 1 aromatic rings. The molecule has 98 valence electrons. The zero-order valence-corrected chi connectivity index (χ0v) is 10.9. The molecule has 1 amide bonds. The Bertz CT molecular complexity index is 456. The summed E-state index contributed by atoms with van der Waals surface area (Å²) in [4.78, 5) is 24.3. The van der Waals surface area contributed by atoms with E-state index < -0.39 is 17.9 Å². The lowest BCUT2D eigenvalue weighted by atomic mass is 10.1. The summed E-state index contributed by atoms with van der Waals surface area (Å²) >= 11 is 5.81. The number of hydrogen-bond acceptors (Lipinski definition) is 3. The van der Waals surface area contributed by atoms with E-state index in [4.69, 9.17) is 22.4 Å². The van der Waals surface area contributed by atoms with Crippen LogP contribution in [0.5, 0.6) is 0 Å². The molecule has 0 heterocycles. The molecule has 3 N–H and O–H groups in total. The molecule has 0 aliphatic carbocycles. The van der Waals surface area contributed by atoms with Gasteiger partial charge in [0.1, 0.15) is 6.04 Å². The molecule has 1 aromatic carbocycles. The third-order valence-electron chi connectivity index (χ3n) is 2.63. The highest BCUT2D eigenvalue weighted by Gasteiger charge is 2.25. The first kappa shape index (κ1) is 14.3. The van der Waals surface area contributed by atoms with Crippen molar-refractivity contribution in [3.63, 3.8) is 0 Å². The largest absolute Gasteiger partial charge is 0.480 e. The zero-order chi connectivity index (χ0) is 13.9. The summed E-state index contributed by atoms with van der Waals surface area (Å²) in [5, 5.41) is 9.35. The monoisotopic (exact) mass is 270 g/mol. The maximum absolute atomic E-state index is 12.1. The van der Waals surface area contributed by atoms with Crippen LogP contribution in [0, 0.1) is 0 Å². The normalized spacial score (nSPS) is 11.9. The molecule has 0 saturated carbocycles. The van der Waals surface area contributed by atoms with Crippen molar-refractivity contribution in [1.82, 2.24) is 4.90 Å². The first-order valence-electron chi connectivity index (χ1n) is 5.42. The Balaban J connectivity index is 3.02. The molecule has 18 heavy (non-hydrogen) atoms. The highest BCUT2D eigenvalue weighted by Crippen LogP contribution is 2.18. The van der Waals surface area contributed by atoms with Gasteiger partial charge in [-0.25, -0.2) is 4.79 Å². The van der Waals surface area contributed by atoms with Gasteiger partial charge in [-0.2, -0.15) is 0 Å². The van der Waals surface area contributed by atoms with Crippen LogP contribution in [0.25, 0.3) is 0 Å². The third kappa shape index (κ3) is 3.13. The lowest BCUT2D eigenvalue weighted by Gasteiger charge is -2.24. The zero-order valence-electron chi connectivity index (χ0n) is 10.2. The van der Waals surface area contributed by atoms with Crippen LogP contribution in [0.2, 0.25) is 5.02 Å². The van der Waals surface area contributed by atoms with Gasteiger partial charge < -0.3 is 15.7 Å². The molecular formula is C12H15ClN2O3. The average Bonchev–Trinajstić information content (AvgIpc) is 2.26. The molecule has 0 aliphatic heterocycles. The fourth-order valence-corrected chi connectivity index (χ4v) is 1.94. The van der Waals surface area contributed by atoms with Gasteiger partial charge in [0.15, 0.2) is 0 Å². The van der Waals surface area contributed by atoms with E-state index in [1.165, 1.54) is 30.1 Å². The summed E-state index contributed by atoms with van der Waals surface area (Å²) in [7, 11) is 1.45. The number of carbonyl (C=O) groups is 2. The van der Waals surface area contributed by atoms with E-state index in [-0.39, 0.29) is 5.56 Å². The van der Waals surface area contributed by atoms with Crippen molar-refractivity contribution in [2.45, 2.75) is 19.4 Å². The quantitative estimate of drug-likeness (QED) is 0.818. The fraction of sp³-hybridized carbons (Fsp3) is 0.333. The van der Waals surface area contributed by atoms with Gasteiger partial charge in [0.05, 0.1) is 0 Å². The van der Waals surface area contributed by atoms with Gasteiger partial charge in [-0.3, -0.25) is 4.79 Å². The fourth-order valence-electron chi connectivity index (χ4n) is 1.70. The molecule has 0 saturated heterocycles. The summed E-state index contributed by atoms with van der Waals surface area (Å²) in [6.07, 6.45) is 0.327. The van der Waals surface area contributed by atoms with Crippen molar-refractivity contribution in [2.24, 2.45) is 0 Å². The minimum Gasteiger partial charge on any atom is -0.480 e. The smallest absolute Gasteiger partial charge is 0.326 e. The summed E-state index contributed by atoms with van der Waals surface area (Å²) in [6.45, 7) is 1.70. The molecule has 6 heteroatoms. The van der Waals surface area contributed by atoms with Crippen molar-refractivity contribution in [2.75, 3.05) is 12.8 Å². The molecule has 0 radical (unpaired) electrons. The van der Waals surface area contributed by atoms with Crippen molar-refractivity contribution >= 4 is 29.2 Å². The van der Waals surface area contributed by atoms with Gasteiger partial charge in [-0.05, 0) is 24.6 Å². The standard InChI is InChI=1S/C12H15ClN2O3/c1-3-10(12(17)18)15(2)11(16)7-4-8(13)6-9(14)5-7/h4-6,10H,3,14H2,1-2H3,(H,17,18). The third-order valence-corrected chi connectivity index (χ3v) is 2.84. The summed E-state index contributed by atoms with van der Waals surface area (Å²) in [5.41, 5.74) is 6.24. The molecule has 5 nitrogen and oxygen atoms in total. The van der Waals surface area contributed by atoms with E-state index >= 15 is 0 Å². The molecular weight excluding hydrogens is 256 g/mol. The number of halogens is 1. The second-order valence-electron chi connectivity index (χ2n) is 3.95. The molecule has 1 unspecified atom stereocenters. The number of aliphatic carboxylic acids is 1. The van der Waals surface area contributed by atoms with Crippen molar-refractivity contribution in [3.8, 4) is 0 Å². The number of nitrogens with two attached hydrogens (primary N) is 1.